The second kappa shape index (κ2) is 8.87. The van der Waals surface area contributed by atoms with Gasteiger partial charge in [-0.2, -0.15) is 13.2 Å². The number of aromatic nitrogens is 3. The number of amides is 1. The molecule has 0 bridgehead atoms. The molecule has 0 aliphatic carbocycles. The summed E-state index contributed by atoms with van der Waals surface area (Å²) in [5.74, 6) is -0.108. The highest BCUT2D eigenvalue weighted by Crippen LogP contribution is 2.32. The van der Waals surface area contributed by atoms with Gasteiger partial charge in [-0.15, -0.1) is 0 Å². The Morgan fingerprint density at radius 3 is 2.52 bits per heavy atom. The summed E-state index contributed by atoms with van der Waals surface area (Å²) in [4.78, 5) is 20.5. The summed E-state index contributed by atoms with van der Waals surface area (Å²) >= 11 is 6.70. The van der Waals surface area contributed by atoms with Crippen LogP contribution in [0.2, 0.25) is 5.02 Å². The Kier molecular flexibility index (Phi) is 6.49. The zero-order chi connectivity index (χ0) is 21.0. The van der Waals surface area contributed by atoms with E-state index in [2.05, 4.69) is 15.3 Å². The average molecular weight is 441 g/mol. The quantitative estimate of drug-likeness (QED) is 0.530. The van der Waals surface area contributed by atoms with Crippen LogP contribution in [0.4, 0.5) is 19.0 Å². The number of imidazole rings is 1. The number of benzene rings is 1. The molecule has 0 saturated heterocycles. The first-order valence-corrected chi connectivity index (χ1v) is 9.75. The van der Waals surface area contributed by atoms with Crippen molar-refractivity contribution >= 4 is 35.1 Å². The van der Waals surface area contributed by atoms with Crippen LogP contribution in [0.25, 0.3) is 11.3 Å². The molecule has 0 radical (unpaired) electrons. The van der Waals surface area contributed by atoms with Crippen LogP contribution in [-0.2, 0) is 11.3 Å². The molecule has 1 aromatic carbocycles. The highest BCUT2D eigenvalue weighted by Gasteiger charge is 2.31. The van der Waals surface area contributed by atoms with Gasteiger partial charge in [0.1, 0.15) is 12.4 Å². The molecule has 0 saturated carbocycles. The van der Waals surface area contributed by atoms with E-state index in [4.69, 9.17) is 11.6 Å². The summed E-state index contributed by atoms with van der Waals surface area (Å²) in [5.41, 5.74) is 0.941. The number of hydrogen-bond donors (Lipinski definition) is 1. The largest absolute Gasteiger partial charge is 0.406 e. The maximum Gasteiger partial charge on any atom is 0.406 e. The maximum absolute atomic E-state index is 13.2. The number of halogens is 4. The highest BCUT2D eigenvalue weighted by molar-refractivity contribution is 8.00. The molecule has 0 spiro atoms. The van der Waals surface area contributed by atoms with E-state index in [-0.39, 0.29) is 5.16 Å². The van der Waals surface area contributed by atoms with Crippen molar-refractivity contribution in [2.24, 2.45) is 0 Å². The monoisotopic (exact) mass is 440 g/mol. The molecule has 2 heterocycles. The Hall–Kier alpha value is -2.52. The van der Waals surface area contributed by atoms with Crippen molar-refractivity contribution in [1.29, 1.82) is 0 Å². The fourth-order valence-electron chi connectivity index (χ4n) is 2.51. The van der Waals surface area contributed by atoms with Gasteiger partial charge in [-0.05, 0) is 24.6 Å². The van der Waals surface area contributed by atoms with Crippen molar-refractivity contribution in [1.82, 2.24) is 14.5 Å². The zero-order valence-electron chi connectivity index (χ0n) is 15.2. The molecule has 1 unspecified atom stereocenters. The maximum atomic E-state index is 13.2. The number of nitrogens with zero attached hydrogens (tertiary/aromatic N) is 3. The molecule has 0 fully saturated rings. The van der Waals surface area contributed by atoms with E-state index in [1.54, 1.807) is 43.3 Å². The van der Waals surface area contributed by atoms with Gasteiger partial charge in [-0.3, -0.25) is 4.79 Å². The number of rotatable bonds is 6. The summed E-state index contributed by atoms with van der Waals surface area (Å²) in [6, 6.07) is 11.8. The summed E-state index contributed by atoms with van der Waals surface area (Å²) in [6.45, 7) is 0.386. The van der Waals surface area contributed by atoms with Crippen LogP contribution in [-0.4, -0.2) is 31.9 Å². The first-order valence-electron chi connectivity index (χ1n) is 8.50. The summed E-state index contributed by atoms with van der Waals surface area (Å²) in [6.07, 6.45) is -1.66. The summed E-state index contributed by atoms with van der Waals surface area (Å²) < 4.78 is 40.5. The van der Waals surface area contributed by atoms with Crippen molar-refractivity contribution in [3.63, 3.8) is 0 Å². The minimum absolute atomic E-state index is 0.105. The number of thioether (sulfide) groups is 1. The molecule has 29 heavy (non-hydrogen) atoms. The third kappa shape index (κ3) is 5.74. The van der Waals surface area contributed by atoms with Gasteiger partial charge in [0.25, 0.3) is 0 Å². The first kappa shape index (κ1) is 21.2. The normalized spacial score (nSPS) is 12.6. The molecule has 152 valence electrons. The molecule has 3 rings (SSSR count). The molecule has 0 aliphatic rings. The van der Waals surface area contributed by atoms with E-state index < -0.39 is 23.9 Å². The molecule has 10 heteroatoms. The first-order chi connectivity index (χ1) is 13.7. The second-order valence-corrected chi connectivity index (χ2v) is 7.85. The number of nitrogens with one attached hydrogen (secondary N) is 1. The lowest BCUT2D eigenvalue weighted by Crippen LogP contribution is -2.24. The lowest BCUT2D eigenvalue weighted by molar-refractivity contribution is -0.141. The number of pyridine rings is 1. The number of hydrogen-bond acceptors (Lipinski definition) is 4. The fourth-order valence-corrected chi connectivity index (χ4v) is 3.51. The van der Waals surface area contributed by atoms with Crippen LogP contribution >= 0.6 is 23.4 Å². The number of carbonyl (C=O) groups excluding carboxylic acids is 1. The number of alkyl halides is 3. The van der Waals surface area contributed by atoms with E-state index in [1.807, 2.05) is 0 Å². The molecular formula is C19H16ClF3N4OS. The highest BCUT2D eigenvalue weighted by atomic mass is 35.5. The Morgan fingerprint density at radius 2 is 1.90 bits per heavy atom. The van der Waals surface area contributed by atoms with Crippen LogP contribution < -0.4 is 5.32 Å². The van der Waals surface area contributed by atoms with E-state index in [0.717, 1.165) is 16.3 Å². The minimum atomic E-state index is -4.43. The van der Waals surface area contributed by atoms with Crippen molar-refractivity contribution < 1.29 is 18.0 Å². The molecule has 1 N–H and O–H groups in total. The molecule has 0 aliphatic heterocycles. The lowest BCUT2D eigenvalue weighted by Gasteiger charge is -2.16. The Bertz CT molecular complexity index is 977. The van der Waals surface area contributed by atoms with E-state index in [1.165, 1.54) is 18.5 Å². The average Bonchev–Trinajstić information content (AvgIpc) is 3.04. The van der Waals surface area contributed by atoms with E-state index >= 15 is 0 Å². The topological polar surface area (TPSA) is 59.8 Å². The molecule has 5 nitrogen and oxygen atoms in total. The van der Waals surface area contributed by atoms with Crippen LogP contribution in [0.3, 0.4) is 0 Å². The van der Waals surface area contributed by atoms with Gasteiger partial charge < -0.3 is 9.88 Å². The van der Waals surface area contributed by atoms with Gasteiger partial charge in [-0.1, -0.05) is 53.7 Å². The van der Waals surface area contributed by atoms with Gasteiger partial charge in [-0.25, -0.2) is 9.97 Å². The number of anilines is 1. The third-order valence-corrected chi connectivity index (χ3v) is 5.18. The van der Waals surface area contributed by atoms with Gasteiger partial charge in [0.05, 0.1) is 22.2 Å². The summed E-state index contributed by atoms with van der Waals surface area (Å²) in [7, 11) is 0. The van der Waals surface area contributed by atoms with Crippen molar-refractivity contribution in [3.05, 3.63) is 59.9 Å². The van der Waals surface area contributed by atoms with Crippen molar-refractivity contribution in [3.8, 4) is 11.3 Å². The predicted octanol–water partition coefficient (Wildman–Crippen LogP) is 5.28. The minimum Gasteiger partial charge on any atom is -0.310 e. The van der Waals surface area contributed by atoms with Gasteiger partial charge in [0, 0.05) is 6.20 Å². The standard InChI is InChI=1S/C19H16ClF3N4OS/c1-12(17(28)26-16-8-7-14(20)9-24-16)29-18-25-10-15(13-5-3-2-4-6-13)27(18)11-19(21,22)23/h2-10,12H,11H2,1H3,(H,24,26,28). The van der Waals surface area contributed by atoms with Crippen LogP contribution in [0, 0.1) is 0 Å². The van der Waals surface area contributed by atoms with Crippen LogP contribution in [0.1, 0.15) is 6.92 Å². The number of carbonyl (C=O) groups is 1. The molecule has 1 amide bonds. The lowest BCUT2D eigenvalue weighted by atomic mass is 10.2. The van der Waals surface area contributed by atoms with Crippen molar-refractivity contribution in [2.75, 3.05) is 5.32 Å². The van der Waals surface area contributed by atoms with Gasteiger partial charge >= 0.3 is 6.18 Å². The third-order valence-electron chi connectivity index (χ3n) is 3.86. The Labute approximate surface area is 174 Å². The van der Waals surface area contributed by atoms with Crippen LogP contribution in [0.5, 0.6) is 0 Å². The Morgan fingerprint density at radius 1 is 1.17 bits per heavy atom. The van der Waals surface area contributed by atoms with Crippen molar-refractivity contribution in [2.45, 2.75) is 30.1 Å². The van der Waals surface area contributed by atoms with Gasteiger partial charge in [0.2, 0.25) is 5.91 Å². The SMILES string of the molecule is CC(Sc1ncc(-c2ccccc2)n1CC(F)(F)F)C(=O)Nc1ccc(Cl)cn1. The van der Waals surface area contributed by atoms with E-state index in [0.29, 0.717) is 22.1 Å². The predicted molar refractivity (Wildman–Crippen MR) is 107 cm³/mol. The molecule has 3 aromatic rings. The van der Waals surface area contributed by atoms with E-state index in [9.17, 15) is 18.0 Å². The summed E-state index contributed by atoms with van der Waals surface area (Å²) in [5, 5.41) is 2.43. The fraction of sp³-hybridized carbons (Fsp3) is 0.211. The van der Waals surface area contributed by atoms with Gasteiger partial charge in [0.15, 0.2) is 5.16 Å². The van der Waals surface area contributed by atoms with Crippen LogP contribution in [0.15, 0.2) is 60.0 Å². The Balaban J connectivity index is 1.81. The zero-order valence-corrected chi connectivity index (χ0v) is 16.7. The smallest absolute Gasteiger partial charge is 0.310 e. The molecule has 1 atom stereocenters. The second-order valence-electron chi connectivity index (χ2n) is 6.10. The molecule has 2 aromatic heterocycles. The molecular weight excluding hydrogens is 425 g/mol.